The number of fused-ring (bicyclic) bond motifs is 1. The van der Waals surface area contributed by atoms with E-state index in [0.29, 0.717) is 0 Å². The summed E-state index contributed by atoms with van der Waals surface area (Å²) in [5.41, 5.74) is 2.36. The van der Waals surface area contributed by atoms with E-state index in [1.165, 1.54) is 5.56 Å². The summed E-state index contributed by atoms with van der Waals surface area (Å²) >= 11 is 1.72. The van der Waals surface area contributed by atoms with Crippen molar-refractivity contribution in [3.05, 3.63) is 29.8 Å². The van der Waals surface area contributed by atoms with Crippen LogP contribution >= 0.6 is 11.8 Å². The maximum absolute atomic E-state index is 4.73. The molecule has 0 radical (unpaired) electrons. The van der Waals surface area contributed by atoms with Gasteiger partial charge in [0.1, 0.15) is 5.84 Å². The molecule has 0 unspecified atom stereocenters. The van der Waals surface area contributed by atoms with Crippen LogP contribution in [0, 0.1) is 0 Å². The van der Waals surface area contributed by atoms with Crippen LogP contribution in [0.1, 0.15) is 39.2 Å². The number of thioether (sulfide) groups is 1. The molecule has 2 rings (SSSR count). The van der Waals surface area contributed by atoms with Gasteiger partial charge in [-0.15, -0.1) is 0 Å². The van der Waals surface area contributed by atoms with Gasteiger partial charge >= 0.3 is 0 Å². The fraction of sp³-hybridized carbons (Fsp3) is 0.500. The molecule has 0 spiro atoms. The van der Waals surface area contributed by atoms with Gasteiger partial charge in [-0.1, -0.05) is 43.8 Å². The summed E-state index contributed by atoms with van der Waals surface area (Å²) in [5, 5.41) is 0.887. The first-order valence-electron chi connectivity index (χ1n) is 7.34. The van der Waals surface area contributed by atoms with Crippen molar-refractivity contribution in [3.63, 3.8) is 0 Å². The van der Waals surface area contributed by atoms with Gasteiger partial charge in [-0.3, -0.25) is 0 Å². The van der Waals surface area contributed by atoms with E-state index in [4.69, 9.17) is 4.99 Å². The number of rotatable bonds is 4. The molecule has 1 aromatic rings. The van der Waals surface area contributed by atoms with Crippen molar-refractivity contribution in [2.24, 2.45) is 9.98 Å². The van der Waals surface area contributed by atoms with Crippen LogP contribution < -0.4 is 0 Å². The van der Waals surface area contributed by atoms with Crippen LogP contribution in [0.5, 0.6) is 0 Å². The molecule has 20 heavy (non-hydrogen) atoms. The van der Waals surface area contributed by atoms with Crippen LogP contribution in [-0.2, 0) is 5.75 Å². The summed E-state index contributed by atoms with van der Waals surface area (Å²) in [6.45, 7) is 8.64. The topological polar surface area (TPSA) is 28.0 Å². The minimum Gasteiger partial charge on any atom is -0.360 e. The highest BCUT2D eigenvalue weighted by Gasteiger charge is 2.13. The minimum absolute atomic E-state index is 0.887. The third-order valence-corrected chi connectivity index (χ3v) is 4.16. The molecule has 0 fully saturated rings. The van der Waals surface area contributed by atoms with E-state index in [-0.39, 0.29) is 0 Å². The molecule has 1 aliphatic rings. The van der Waals surface area contributed by atoms with Gasteiger partial charge in [0.05, 0.1) is 5.69 Å². The van der Waals surface area contributed by atoms with Crippen molar-refractivity contribution in [2.45, 2.75) is 39.4 Å². The number of nitrogens with zero attached hydrogens (tertiary/aromatic N) is 3. The van der Waals surface area contributed by atoms with Gasteiger partial charge in [-0.25, -0.2) is 9.98 Å². The first-order chi connectivity index (χ1) is 9.74. The summed E-state index contributed by atoms with van der Waals surface area (Å²) in [6.07, 6.45) is 2.30. The maximum Gasteiger partial charge on any atom is 0.190 e. The van der Waals surface area contributed by atoms with Gasteiger partial charge in [0.15, 0.2) is 5.17 Å². The molecule has 1 aromatic carbocycles. The van der Waals surface area contributed by atoms with E-state index >= 15 is 0 Å². The van der Waals surface area contributed by atoms with Gasteiger partial charge in [0, 0.05) is 18.8 Å². The quantitative estimate of drug-likeness (QED) is 0.604. The molecular formula is C16H23N3S. The van der Waals surface area contributed by atoms with Crippen LogP contribution in [0.25, 0.3) is 0 Å². The standard InChI is InChI=1S/C16H23N3S/c1-4-10-19(11-5-2)13(3)17-16-18-15-9-7-6-8-14(15)12-20-16/h6-9H,4-5,10-12H2,1-3H3. The van der Waals surface area contributed by atoms with E-state index < -0.39 is 0 Å². The molecule has 1 heterocycles. The Hall–Kier alpha value is -1.29. The molecule has 0 saturated heterocycles. The first-order valence-corrected chi connectivity index (χ1v) is 8.32. The van der Waals surface area contributed by atoms with Gasteiger partial charge in [-0.05, 0) is 31.4 Å². The lowest BCUT2D eigenvalue weighted by Crippen LogP contribution is -2.31. The first kappa shape index (κ1) is 15.1. The Labute approximate surface area is 126 Å². The number of benzene rings is 1. The summed E-state index contributed by atoms with van der Waals surface area (Å²) < 4.78 is 0. The third-order valence-electron chi connectivity index (χ3n) is 3.27. The average Bonchev–Trinajstić information content (AvgIpc) is 2.47. The lowest BCUT2D eigenvalue weighted by Gasteiger charge is -2.23. The second-order valence-electron chi connectivity index (χ2n) is 4.96. The molecule has 0 saturated carbocycles. The highest BCUT2D eigenvalue weighted by molar-refractivity contribution is 8.13. The summed E-state index contributed by atoms with van der Waals surface area (Å²) in [6, 6.07) is 8.31. The van der Waals surface area contributed by atoms with Gasteiger partial charge in [0.25, 0.3) is 0 Å². The van der Waals surface area contributed by atoms with E-state index in [1.807, 2.05) is 6.07 Å². The van der Waals surface area contributed by atoms with Crippen LogP contribution in [0.15, 0.2) is 34.3 Å². The average molecular weight is 289 g/mol. The van der Waals surface area contributed by atoms with E-state index in [2.05, 4.69) is 48.9 Å². The Kier molecular flexibility index (Phi) is 5.65. The predicted octanol–water partition coefficient (Wildman–Crippen LogP) is 4.46. The highest BCUT2D eigenvalue weighted by Crippen LogP contribution is 2.30. The Balaban J connectivity index is 2.16. The van der Waals surface area contributed by atoms with Crippen molar-refractivity contribution in [3.8, 4) is 0 Å². The number of hydrogen-bond acceptors (Lipinski definition) is 3. The highest BCUT2D eigenvalue weighted by atomic mass is 32.2. The second-order valence-corrected chi connectivity index (χ2v) is 5.90. The van der Waals surface area contributed by atoms with Crippen molar-refractivity contribution in [2.75, 3.05) is 13.1 Å². The van der Waals surface area contributed by atoms with Crippen LogP contribution in [-0.4, -0.2) is 29.0 Å². The van der Waals surface area contributed by atoms with Gasteiger partial charge < -0.3 is 4.90 Å². The van der Waals surface area contributed by atoms with Crippen LogP contribution in [0.3, 0.4) is 0 Å². The molecule has 0 bridgehead atoms. The molecule has 3 nitrogen and oxygen atoms in total. The normalized spacial score (nSPS) is 14.8. The Morgan fingerprint density at radius 2 is 1.95 bits per heavy atom. The fourth-order valence-corrected chi connectivity index (χ4v) is 3.15. The van der Waals surface area contributed by atoms with Crippen molar-refractivity contribution < 1.29 is 0 Å². The van der Waals surface area contributed by atoms with Crippen LogP contribution in [0.2, 0.25) is 0 Å². The molecular weight excluding hydrogens is 266 g/mol. The Morgan fingerprint density at radius 1 is 1.25 bits per heavy atom. The number of hydrogen-bond donors (Lipinski definition) is 0. The zero-order valence-corrected chi connectivity index (χ0v) is 13.4. The molecule has 4 heteroatoms. The molecule has 108 valence electrons. The molecule has 0 aliphatic carbocycles. The largest absolute Gasteiger partial charge is 0.360 e. The smallest absolute Gasteiger partial charge is 0.190 e. The lowest BCUT2D eigenvalue weighted by molar-refractivity contribution is 0.415. The molecule has 0 atom stereocenters. The summed E-state index contributed by atoms with van der Waals surface area (Å²) in [4.78, 5) is 11.7. The summed E-state index contributed by atoms with van der Waals surface area (Å²) in [7, 11) is 0. The second kappa shape index (κ2) is 7.48. The van der Waals surface area contributed by atoms with Gasteiger partial charge in [0.2, 0.25) is 0 Å². The van der Waals surface area contributed by atoms with E-state index in [0.717, 1.165) is 48.4 Å². The van der Waals surface area contributed by atoms with E-state index in [1.54, 1.807) is 11.8 Å². The Bertz CT molecular complexity index is 502. The minimum atomic E-state index is 0.887. The maximum atomic E-state index is 4.73. The number of amidine groups is 2. The lowest BCUT2D eigenvalue weighted by atomic mass is 10.2. The predicted molar refractivity (Wildman–Crippen MR) is 90.1 cm³/mol. The Morgan fingerprint density at radius 3 is 2.65 bits per heavy atom. The third kappa shape index (κ3) is 3.85. The monoisotopic (exact) mass is 289 g/mol. The molecule has 0 amide bonds. The van der Waals surface area contributed by atoms with Crippen LogP contribution in [0.4, 0.5) is 5.69 Å². The van der Waals surface area contributed by atoms with Crippen molar-refractivity contribution in [1.29, 1.82) is 0 Å². The number of para-hydroxylation sites is 1. The fourth-order valence-electron chi connectivity index (χ4n) is 2.26. The SMILES string of the molecule is CCCN(CCC)C(C)=NC1=Nc2ccccc2CS1. The zero-order chi connectivity index (χ0) is 14.4. The molecule has 0 N–H and O–H groups in total. The zero-order valence-electron chi connectivity index (χ0n) is 12.6. The van der Waals surface area contributed by atoms with Gasteiger partial charge in [-0.2, -0.15) is 0 Å². The van der Waals surface area contributed by atoms with E-state index in [9.17, 15) is 0 Å². The molecule has 1 aliphatic heterocycles. The van der Waals surface area contributed by atoms with Crippen molar-refractivity contribution in [1.82, 2.24) is 4.90 Å². The molecule has 0 aromatic heterocycles. The summed E-state index contributed by atoms with van der Waals surface area (Å²) in [5.74, 6) is 2.05. The van der Waals surface area contributed by atoms with Crippen molar-refractivity contribution >= 4 is 28.5 Å². The number of aliphatic imine (C=N–C) groups is 2.